The molecule has 88 valence electrons. The molecule has 1 rings (SSSR count). The summed E-state index contributed by atoms with van der Waals surface area (Å²) in [7, 11) is 0. The Kier molecular flexibility index (Phi) is 5.11. The first kappa shape index (κ1) is 12.8. The standard InChI is InChI=1S/C11H15BrN2O2/c1-2-3-6-13-11(16)14-9-5-4-8(12)7-10(9)15/h4-5,7,15H,2-3,6H2,1H3,(H2,13,14,16). The van der Waals surface area contributed by atoms with Crippen LogP contribution in [-0.2, 0) is 0 Å². The minimum Gasteiger partial charge on any atom is -0.506 e. The number of unbranched alkanes of at least 4 members (excludes halogenated alkanes) is 1. The molecule has 2 amide bonds. The minimum atomic E-state index is -0.300. The highest BCUT2D eigenvalue weighted by atomic mass is 79.9. The second-order valence-corrected chi connectivity index (χ2v) is 4.31. The number of amides is 2. The first-order valence-electron chi connectivity index (χ1n) is 5.17. The van der Waals surface area contributed by atoms with E-state index in [1.165, 1.54) is 6.07 Å². The number of hydrogen-bond donors (Lipinski definition) is 3. The first-order chi connectivity index (χ1) is 7.63. The normalized spacial score (nSPS) is 9.88. The number of rotatable bonds is 4. The lowest BCUT2D eigenvalue weighted by atomic mass is 10.3. The predicted octanol–water partition coefficient (Wildman–Crippen LogP) is 3.08. The molecule has 0 saturated carbocycles. The molecule has 0 spiro atoms. The summed E-state index contributed by atoms with van der Waals surface area (Å²) >= 11 is 3.23. The molecule has 1 aromatic carbocycles. The molecule has 3 N–H and O–H groups in total. The fourth-order valence-corrected chi connectivity index (χ4v) is 1.50. The lowest BCUT2D eigenvalue weighted by molar-refractivity contribution is 0.252. The number of hydrogen-bond acceptors (Lipinski definition) is 2. The Morgan fingerprint density at radius 1 is 1.50 bits per heavy atom. The van der Waals surface area contributed by atoms with Gasteiger partial charge in [0.05, 0.1) is 5.69 Å². The summed E-state index contributed by atoms with van der Waals surface area (Å²) in [6.45, 7) is 2.69. The Labute approximate surface area is 103 Å². The van der Waals surface area contributed by atoms with Crippen LogP contribution in [0.3, 0.4) is 0 Å². The molecule has 0 atom stereocenters. The summed E-state index contributed by atoms with van der Waals surface area (Å²) in [6, 6.07) is 4.62. The first-order valence-corrected chi connectivity index (χ1v) is 5.96. The van der Waals surface area contributed by atoms with Gasteiger partial charge in [-0.05, 0) is 24.6 Å². The van der Waals surface area contributed by atoms with E-state index in [1.54, 1.807) is 12.1 Å². The summed E-state index contributed by atoms with van der Waals surface area (Å²) in [5.41, 5.74) is 0.400. The van der Waals surface area contributed by atoms with Gasteiger partial charge < -0.3 is 15.7 Å². The van der Waals surface area contributed by atoms with Crippen LogP contribution in [0.1, 0.15) is 19.8 Å². The van der Waals surface area contributed by atoms with Crippen LogP contribution in [0.15, 0.2) is 22.7 Å². The van der Waals surface area contributed by atoms with E-state index in [9.17, 15) is 9.90 Å². The molecule has 4 nitrogen and oxygen atoms in total. The molecule has 0 saturated heterocycles. The second kappa shape index (κ2) is 6.37. The van der Waals surface area contributed by atoms with Crippen molar-refractivity contribution in [1.29, 1.82) is 0 Å². The summed E-state index contributed by atoms with van der Waals surface area (Å²) in [5.74, 6) is 0.0417. The number of carbonyl (C=O) groups excluding carboxylic acids is 1. The van der Waals surface area contributed by atoms with Gasteiger partial charge in [-0.1, -0.05) is 29.3 Å². The summed E-state index contributed by atoms with van der Waals surface area (Å²) in [4.78, 5) is 11.4. The molecule has 1 aromatic rings. The third-order valence-electron chi connectivity index (χ3n) is 2.02. The SMILES string of the molecule is CCCCNC(=O)Nc1ccc(Br)cc1O. The molecule has 0 aromatic heterocycles. The Bertz CT molecular complexity index is 369. The van der Waals surface area contributed by atoms with Crippen LogP contribution < -0.4 is 10.6 Å². The third kappa shape index (κ3) is 4.10. The van der Waals surface area contributed by atoms with Crippen molar-refractivity contribution in [3.63, 3.8) is 0 Å². The van der Waals surface area contributed by atoms with Crippen molar-refractivity contribution < 1.29 is 9.90 Å². The number of phenols is 1. The predicted molar refractivity (Wildman–Crippen MR) is 67.7 cm³/mol. The Hall–Kier alpha value is -1.23. The van der Waals surface area contributed by atoms with Gasteiger partial charge in [0.25, 0.3) is 0 Å². The molecular formula is C11H15BrN2O2. The van der Waals surface area contributed by atoms with Crippen LogP contribution in [0, 0.1) is 0 Å². The number of benzene rings is 1. The van der Waals surface area contributed by atoms with E-state index >= 15 is 0 Å². The fraction of sp³-hybridized carbons (Fsp3) is 0.364. The molecule has 0 unspecified atom stereocenters. The lowest BCUT2D eigenvalue weighted by Gasteiger charge is -2.08. The van der Waals surface area contributed by atoms with Crippen molar-refractivity contribution in [1.82, 2.24) is 5.32 Å². The van der Waals surface area contributed by atoms with Crippen LogP contribution in [0.4, 0.5) is 10.5 Å². The van der Waals surface area contributed by atoms with Crippen molar-refractivity contribution in [2.45, 2.75) is 19.8 Å². The number of anilines is 1. The Balaban J connectivity index is 2.49. The lowest BCUT2D eigenvalue weighted by Crippen LogP contribution is -2.29. The quantitative estimate of drug-likeness (QED) is 0.588. The zero-order chi connectivity index (χ0) is 12.0. The zero-order valence-corrected chi connectivity index (χ0v) is 10.7. The highest BCUT2D eigenvalue weighted by Gasteiger charge is 2.05. The molecule has 0 aliphatic carbocycles. The smallest absolute Gasteiger partial charge is 0.319 e. The van der Waals surface area contributed by atoms with E-state index in [4.69, 9.17) is 0 Å². The van der Waals surface area contributed by atoms with Gasteiger partial charge in [-0.25, -0.2) is 4.79 Å². The number of halogens is 1. The van der Waals surface area contributed by atoms with Crippen LogP contribution in [0.5, 0.6) is 5.75 Å². The van der Waals surface area contributed by atoms with Gasteiger partial charge in [0, 0.05) is 11.0 Å². The van der Waals surface area contributed by atoms with Crippen LogP contribution >= 0.6 is 15.9 Å². The molecule has 0 radical (unpaired) electrons. The third-order valence-corrected chi connectivity index (χ3v) is 2.52. The van der Waals surface area contributed by atoms with Crippen molar-refractivity contribution in [2.75, 3.05) is 11.9 Å². The van der Waals surface area contributed by atoms with Crippen molar-refractivity contribution in [3.05, 3.63) is 22.7 Å². The van der Waals surface area contributed by atoms with Crippen molar-refractivity contribution >= 4 is 27.6 Å². The van der Waals surface area contributed by atoms with E-state index in [2.05, 4.69) is 33.5 Å². The van der Waals surface area contributed by atoms with Gasteiger partial charge in [-0.15, -0.1) is 0 Å². The molecule has 0 aliphatic heterocycles. The molecule has 16 heavy (non-hydrogen) atoms. The summed E-state index contributed by atoms with van der Waals surface area (Å²) in [6.07, 6.45) is 1.98. The van der Waals surface area contributed by atoms with E-state index in [1.807, 2.05) is 0 Å². The Morgan fingerprint density at radius 3 is 2.88 bits per heavy atom. The van der Waals surface area contributed by atoms with Gasteiger partial charge in [-0.3, -0.25) is 0 Å². The molecule has 0 fully saturated rings. The molecule has 0 heterocycles. The van der Waals surface area contributed by atoms with Crippen LogP contribution in [-0.4, -0.2) is 17.7 Å². The highest BCUT2D eigenvalue weighted by molar-refractivity contribution is 9.10. The van der Waals surface area contributed by atoms with Gasteiger partial charge in [0.1, 0.15) is 5.75 Å². The summed E-state index contributed by atoms with van der Waals surface area (Å²) < 4.78 is 0.766. The van der Waals surface area contributed by atoms with Gasteiger partial charge in [0.2, 0.25) is 0 Å². The number of nitrogens with one attached hydrogen (secondary N) is 2. The fourth-order valence-electron chi connectivity index (χ4n) is 1.16. The topological polar surface area (TPSA) is 61.4 Å². The molecule has 0 aliphatic rings. The van der Waals surface area contributed by atoms with E-state index in [0.29, 0.717) is 12.2 Å². The van der Waals surface area contributed by atoms with E-state index in [0.717, 1.165) is 17.3 Å². The highest BCUT2D eigenvalue weighted by Crippen LogP contribution is 2.26. The summed E-state index contributed by atoms with van der Waals surface area (Å²) in [5, 5.41) is 14.8. The van der Waals surface area contributed by atoms with Crippen molar-refractivity contribution in [3.8, 4) is 5.75 Å². The Morgan fingerprint density at radius 2 is 2.25 bits per heavy atom. The second-order valence-electron chi connectivity index (χ2n) is 3.40. The average Bonchev–Trinajstić information content (AvgIpc) is 2.23. The molecule has 0 bridgehead atoms. The number of carbonyl (C=O) groups is 1. The minimum absolute atomic E-state index is 0.0417. The number of urea groups is 1. The van der Waals surface area contributed by atoms with Gasteiger partial charge in [0.15, 0.2) is 0 Å². The zero-order valence-electron chi connectivity index (χ0n) is 9.09. The monoisotopic (exact) mass is 286 g/mol. The van der Waals surface area contributed by atoms with Crippen LogP contribution in [0.25, 0.3) is 0 Å². The average molecular weight is 287 g/mol. The number of aromatic hydroxyl groups is 1. The molecular weight excluding hydrogens is 272 g/mol. The maximum atomic E-state index is 11.4. The van der Waals surface area contributed by atoms with E-state index < -0.39 is 0 Å². The largest absolute Gasteiger partial charge is 0.506 e. The number of phenolic OH excluding ortho intramolecular Hbond substituents is 1. The van der Waals surface area contributed by atoms with Gasteiger partial charge >= 0.3 is 6.03 Å². The maximum Gasteiger partial charge on any atom is 0.319 e. The van der Waals surface area contributed by atoms with Crippen LogP contribution in [0.2, 0.25) is 0 Å². The van der Waals surface area contributed by atoms with Gasteiger partial charge in [-0.2, -0.15) is 0 Å². The molecule has 5 heteroatoms. The maximum absolute atomic E-state index is 11.4. The van der Waals surface area contributed by atoms with Crippen molar-refractivity contribution in [2.24, 2.45) is 0 Å². The van der Waals surface area contributed by atoms with E-state index in [-0.39, 0.29) is 11.8 Å².